The first-order valence-corrected chi connectivity index (χ1v) is 6.21. The number of phenolic OH excluding ortho intramolecular Hbond substituents is 1. The van der Waals surface area contributed by atoms with Crippen molar-refractivity contribution in [2.24, 2.45) is 0 Å². The van der Waals surface area contributed by atoms with Crippen LogP contribution in [-0.2, 0) is 0 Å². The zero-order valence-electron chi connectivity index (χ0n) is 11.2. The minimum Gasteiger partial charge on any atom is -0.507 e. The van der Waals surface area contributed by atoms with Gasteiger partial charge in [0.1, 0.15) is 11.5 Å². The van der Waals surface area contributed by atoms with Gasteiger partial charge in [-0.15, -0.1) is 13.2 Å². The summed E-state index contributed by atoms with van der Waals surface area (Å²) in [7, 11) is 0. The number of hydrogen-bond donors (Lipinski definition) is 1. The SMILES string of the molecule is O=C(/C=C/c1ccc(OC(F)(F)F)cc1)c1ccccc1O. The molecule has 2 aromatic carbocycles. The number of halogens is 3. The standard InChI is InChI=1S/C16H11F3O3/c17-16(18,19)22-12-8-5-11(6-9-12)7-10-15(21)13-3-1-2-4-14(13)20/h1-10,20H/b10-7+. The first-order chi connectivity index (χ1) is 10.3. The van der Waals surface area contributed by atoms with E-state index in [-0.39, 0.29) is 17.1 Å². The number of aromatic hydroxyl groups is 1. The number of allylic oxidation sites excluding steroid dienone is 1. The first kappa shape index (κ1) is 15.6. The molecule has 0 spiro atoms. The van der Waals surface area contributed by atoms with E-state index >= 15 is 0 Å². The molecule has 0 atom stereocenters. The number of phenols is 1. The molecule has 0 saturated carbocycles. The van der Waals surface area contributed by atoms with Crippen molar-refractivity contribution in [2.45, 2.75) is 6.36 Å². The summed E-state index contributed by atoms with van der Waals surface area (Å²) in [6.07, 6.45) is -2.07. The third-order valence-corrected chi connectivity index (χ3v) is 2.71. The molecule has 6 heteroatoms. The zero-order chi connectivity index (χ0) is 16.2. The number of carbonyl (C=O) groups is 1. The molecular weight excluding hydrogens is 297 g/mol. The summed E-state index contributed by atoms with van der Waals surface area (Å²) in [5.74, 6) is -0.878. The Morgan fingerprint density at radius 1 is 1.05 bits per heavy atom. The van der Waals surface area contributed by atoms with Crippen molar-refractivity contribution in [2.75, 3.05) is 0 Å². The molecule has 2 aromatic rings. The van der Waals surface area contributed by atoms with Crippen molar-refractivity contribution in [3.8, 4) is 11.5 Å². The van der Waals surface area contributed by atoms with Crippen molar-refractivity contribution < 1.29 is 27.8 Å². The molecule has 0 bridgehead atoms. The third-order valence-electron chi connectivity index (χ3n) is 2.71. The van der Waals surface area contributed by atoms with Crippen molar-refractivity contribution in [3.63, 3.8) is 0 Å². The number of para-hydroxylation sites is 1. The van der Waals surface area contributed by atoms with Crippen molar-refractivity contribution in [1.82, 2.24) is 0 Å². The molecule has 0 radical (unpaired) electrons. The zero-order valence-corrected chi connectivity index (χ0v) is 11.2. The van der Waals surface area contributed by atoms with Crippen LogP contribution < -0.4 is 4.74 Å². The van der Waals surface area contributed by atoms with E-state index in [2.05, 4.69) is 4.74 Å². The summed E-state index contributed by atoms with van der Waals surface area (Å²) in [6, 6.07) is 11.1. The summed E-state index contributed by atoms with van der Waals surface area (Å²) in [5, 5.41) is 9.54. The van der Waals surface area contributed by atoms with Gasteiger partial charge in [0, 0.05) is 0 Å². The monoisotopic (exact) mass is 308 g/mol. The van der Waals surface area contributed by atoms with Gasteiger partial charge in [0.15, 0.2) is 5.78 Å². The summed E-state index contributed by atoms with van der Waals surface area (Å²) in [4.78, 5) is 11.9. The van der Waals surface area contributed by atoms with Crippen LogP contribution in [0.4, 0.5) is 13.2 Å². The molecule has 0 aliphatic rings. The van der Waals surface area contributed by atoms with Gasteiger partial charge in [0.2, 0.25) is 0 Å². The lowest BCUT2D eigenvalue weighted by Crippen LogP contribution is -2.16. The fourth-order valence-corrected chi connectivity index (χ4v) is 1.72. The van der Waals surface area contributed by atoms with Gasteiger partial charge in [-0.25, -0.2) is 0 Å². The maximum atomic E-state index is 12.0. The van der Waals surface area contributed by atoms with Gasteiger partial charge < -0.3 is 9.84 Å². The maximum absolute atomic E-state index is 12.0. The van der Waals surface area contributed by atoms with Crippen LogP contribution in [0.15, 0.2) is 54.6 Å². The Bertz CT molecular complexity index is 689. The lowest BCUT2D eigenvalue weighted by Gasteiger charge is -2.08. The van der Waals surface area contributed by atoms with Gasteiger partial charge >= 0.3 is 6.36 Å². The van der Waals surface area contributed by atoms with E-state index < -0.39 is 12.1 Å². The highest BCUT2D eigenvalue weighted by Crippen LogP contribution is 2.23. The van der Waals surface area contributed by atoms with E-state index in [0.29, 0.717) is 5.56 Å². The Labute approximate surface area is 124 Å². The minimum atomic E-state index is -4.74. The Balaban J connectivity index is 2.07. The van der Waals surface area contributed by atoms with E-state index in [1.54, 1.807) is 12.1 Å². The predicted molar refractivity (Wildman–Crippen MR) is 74.6 cm³/mol. The van der Waals surface area contributed by atoms with Crippen LogP contribution in [0, 0.1) is 0 Å². The molecule has 22 heavy (non-hydrogen) atoms. The Morgan fingerprint density at radius 2 is 1.68 bits per heavy atom. The van der Waals surface area contributed by atoms with Gasteiger partial charge in [-0.1, -0.05) is 30.3 Å². The van der Waals surface area contributed by atoms with Crippen molar-refractivity contribution in [3.05, 3.63) is 65.7 Å². The lowest BCUT2D eigenvalue weighted by atomic mass is 10.1. The third kappa shape index (κ3) is 4.37. The van der Waals surface area contributed by atoms with Gasteiger partial charge in [-0.05, 0) is 35.9 Å². The molecule has 1 N–H and O–H groups in total. The van der Waals surface area contributed by atoms with Crippen LogP contribution >= 0.6 is 0 Å². The second-order valence-electron chi connectivity index (χ2n) is 4.33. The second kappa shape index (κ2) is 6.34. The van der Waals surface area contributed by atoms with Crippen molar-refractivity contribution in [1.29, 1.82) is 0 Å². The smallest absolute Gasteiger partial charge is 0.507 e. The topological polar surface area (TPSA) is 46.5 Å². The molecule has 0 heterocycles. The fourth-order valence-electron chi connectivity index (χ4n) is 1.72. The maximum Gasteiger partial charge on any atom is 0.573 e. The van der Waals surface area contributed by atoms with Crippen LogP contribution in [0.2, 0.25) is 0 Å². The minimum absolute atomic E-state index is 0.133. The van der Waals surface area contributed by atoms with Crippen LogP contribution in [0.1, 0.15) is 15.9 Å². The van der Waals surface area contributed by atoms with E-state index in [1.165, 1.54) is 36.4 Å². The summed E-state index contributed by atoms with van der Waals surface area (Å²) < 4.78 is 39.8. The molecule has 0 unspecified atom stereocenters. The molecule has 2 rings (SSSR count). The number of ether oxygens (including phenoxy) is 1. The average molecular weight is 308 g/mol. The first-order valence-electron chi connectivity index (χ1n) is 6.21. The number of benzene rings is 2. The molecule has 0 aliphatic heterocycles. The van der Waals surface area contributed by atoms with E-state index in [0.717, 1.165) is 12.1 Å². The average Bonchev–Trinajstić information content (AvgIpc) is 2.45. The van der Waals surface area contributed by atoms with Gasteiger partial charge in [-0.3, -0.25) is 4.79 Å². The normalized spacial score (nSPS) is 11.6. The van der Waals surface area contributed by atoms with E-state index in [4.69, 9.17) is 0 Å². The van der Waals surface area contributed by atoms with E-state index in [9.17, 15) is 23.1 Å². The van der Waals surface area contributed by atoms with Crippen LogP contribution in [0.25, 0.3) is 6.08 Å². The summed E-state index contributed by atoms with van der Waals surface area (Å²) >= 11 is 0. The number of carbonyl (C=O) groups excluding carboxylic acids is 1. The van der Waals surface area contributed by atoms with Gasteiger partial charge in [-0.2, -0.15) is 0 Å². The van der Waals surface area contributed by atoms with Gasteiger partial charge in [0.05, 0.1) is 5.56 Å². The quantitative estimate of drug-likeness (QED) is 0.680. The molecule has 0 fully saturated rings. The molecule has 0 aromatic heterocycles. The molecule has 0 amide bonds. The summed E-state index contributed by atoms with van der Waals surface area (Å²) in [5.41, 5.74) is 0.675. The molecule has 0 aliphatic carbocycles. The Kier molecular flexibility index (Phi) is 4.50. The van der Waals surface area contributed by atoms with Crippen molar-refractivity contribution >= 4 is 11.9 Å². The number of alkyl halides is 3. The number of rotatable bonds is 4. The number of hydrogen-bond acceptors (Lipinski definition) is 3. The Hall–Kier alpha value is -2.76. The van der Waals surface area contributed by atoms with Gasteiger partial charge in [0.25, 0.3) is 0 Å². The predicted octanol–water partition coefficient (Wildman–Crippen LogP) is 4.19. The molecule has 0 saturated heterocycles. The number of ketones is 1. The van der Waals surface area contributed by atoms with Crippen LogP contribution in [0.5, 0.6) is 11.5 Å². The molecule has 3 nitrogen and oxygen atoms in total. The van der Waals surface area contributed by atoms with Crippen LogP contribution in [0.3, 0.4) is 0 Å². The van der Waals surface area contributed by atoms with Crippen LogP contribution in [-0.4, -0.2) is 17.3 Å². The second-order valence-corrected chi connectivity index (χ2v) is 4.33. The van der Waals surface area contributed by atoms with E-state index in [1.807, 2.05) is 0 Å². The molecule has 114 valence electrons. The fraction of sp³-hybridized carbons (Fsp3) is 0.0625. The highest BCUT2D eigenvalue weighted by molar-refractivity contribution is 6.08. The summed E-state index contributed by atoms with van der Waals surface area (Å²) in [6.45, 7) is 0. The highest BCUT2D eigenvalue weighted by Gasteiger charge is 2.30. The highest BCUT2D eigenvalue weighted by atomic mass is 19.4. The lowest BCUT2D eigenvalue weighted by molar-refractivity contribution is -0.274. The molecular formula is C16H11F3O3. The Morgan fingerprint density at radius 3 is 2.27 bits per heavy atom. The largest absolute Gasteiger partial charge is 0.573 e.